The van der Waals surface area contributed by atoms with E-state index in [0.717, 1.165) is 35.7 Å². The van der Waals surface area contributed by atoms with Crippen LogP contribution in [0.1, 0.15) is 35.2 Å². The highest BCUT2D eigenvalue weighted by Gasteiger charge is 2.17. The largest absolute Gasteiger partial charge is 0.355 e. The minimum atomic E-state index is -0.0780. The van der Waals surface area contributed by atoms with Crippen molar-refractivity contribution in [3.63, 3.8) is 0 Å². The molecule has 1 aromatic heterocycles. The molecule has 0 saturated carbocycles. The molecule has 142 valence electrons. The van der Waals surface area contributed by atoms with Crippen LogP contribution in [0.3, 0.4) is 0 Å². The molecule has 1 saturated heterocycles. The highest BCUT2D eigenvalue weighted by Crippen LogP contribution is 2.28. The summed E-state index contributed by atoms with van der Waals surface area (Å²) in [6.45, 7) is 2.56. The molecule has 5 heteroatoms. The molecule has 5 nitrogen and oxygen atoms in total. The van der Waals surface area contributed by atoms with E-state index in [1.165, 1.54) is 19.3 Å². The Kier molecular flexibility index (Phi) is 5.61. The number of hydrogen-bond acceptors (Lipinski definition) is 4. The third kappa shape index (κ3) is 4.19. The van der Waals surface area contributed by atoms with Gasteiger partial charge in [0.05, 0.1) is 0 Å². The minimum absolute atomic E-state index is 0.0780. The zero-order valence-corrected chi connectivity index (χ0v) is 15.8. The van der Waals surface area contributed by atoms with Gasteiger partial charge in [-0.15, -0.1) is 0 Å². The van der Waals surface area contributed by atoms with Crippen LogP contribution in [0, 0.1) is 0 Å². The van der Waals surface area contributed by atoms with Gasteiger partial charge in [-0.05, 0) is 37.0 Å². The van der Waals surface area contributed by atoms with Crippen molar-refractivity contribution < 1.29 is 4.79 Å². The van der Waals surface area contributed by atoms with Crippen LogP contribution in [0.25, 0.3) is 11.3 Å². The van der Waals surface area contributed by atoms with Crippen molar-refractivity contribution in [2.75, 3.05) is 18.0 Å². The standard InChI is InChI=1S/C23H24N4O/c28-23(26-17-18-7-3-1-4-8-18)20-11-9-19(10-12-20)21-22(25-14-13-24-21)27-15-5-2-6-16-27/h1,3-4,7-14H,2,5-6,15-17H2,(H,26,28). The molecule has 0 bridgehead atoms. The fourth-order valence-electron chi connectivity index (χ4n) is 3.53. The first-order chi connectivity index (χ1) is 13.8. The maximum Gasteiger partial charge on any atom is 0.251 e. The highest BCUT2D eigenvalue weighted by atomic mass is 16.1. The molecule has 0 unspecified atom stereocenters. The number of rotatable bonds is 5. The number of carbonyl (C=O) groups is 1. The summed E-state index contributed by atoms with van der Waals surface area (Å²) in [5, 5.41) is 2.96. The number of nitrogens with zero attached hydrogens (tertiary/aromatic N) is 3. The van der Waals surface area contributed by atoms with Gasteiger partial charge in [0.2, 0.25) is 0 Å². The smallest absolute Gasteiger partial charge is 0.251 e. The molecule has 4 rings (SSSR count). The summed E-state index contributed by atoms with van der Waals surface area (Å²) in [4.78, 5) is 23.9. The summed E-state index contributed by atoms with van der Waals surface area (Å²) in [6, 6.07) is 17.5. The van der Waals surface area contributed by atoms with Gasteiger partial charge in [-0.25, -0.2) is 4.98 Å². The van der Waals surface area contributed by atoms with E-state index in [9.17, 15) is 4.79 Å². The second-order valence-corrected chi connectivity index (χ2v) is 7.02. The number of amides is 1. The lowest BCUT2D eigenvalue weighted by molar-refractivity contribution is 0.0951. The van der Waals surface area contributed by atoms with Crippen molar-refractivity contribution in [3.05, 3.63) is 78.1 Å². The van der Waals surface area contributed by atoms with E-state index in [-0.39, 0.29) is 5.91 Å². The van der Waals surface area contributed by atoms with Gasteiger partial charge in [-0.3, -0.25) is 9.78 Å². The summed E-state index contributed by atoms with van der Waals surface area (Å²) >= 11 is 0. The average Bonchev–Trinajstić information content (AvgIpc) is 2.79. The molecule has 0 atom stereocenters. The maximum atomic E-state index is 12.4. The molecule has 1 amide bonds. The third-order valence-electron chi connectivity index (χ3n) is 5.05. The maximum absolute atomic E-state index is 12.4. The summed E-state index contributed by atoms with van der Waals surface area (Å²) < 4.78 is 0. The van der Waals surface area contributed by atoms with Crippen molar-refractivity contribution in [2.45, 2.75) is 25.8 Å². The molecule has 2 aromatic carbocycles. The lowest BCUT2D eigenvalue weighted by Gasteiger charge is -2.28. The number of piperidine rings is 1. The molecule has 3 aromatic rings. The molecular weight excluding hydrogens is 348 g/mol. The van der Waals surface area contributed by atoms with Gasteiger partial charge < -0.3 is 10.2 Å². The van der Waals surface area contributed by atoms with Crippen LogP contribution >= 0.6 is 0 Å². The molecular formula is C23H24N4O. The quantitative estimate of drug-likeness (QED) is 0.734. The summed E-state index contributed by atoms with van der Waals surface area (Å²) in [6.07, 6.45) is 7.13. The van der Waals surface area contributed by atoms with E-state index < -0.39 is 0 Å². The van der Waals surface area contributed by atoms with Gasteiger partial charge in [-0.2, -0.15) is 0 Å². The molecule has 2 heterocycles. The SMILES string of the molecule is O=C(NCc1ccccc1)c1ccc(-c2nccnc2N2CCCCC2)cc1. The topological polar surface area (TPSA) is 58.1 Å². The zero-order chi connectivity index (χ0) is 19.2. The minimum Gasteiger partial charge on any atom is -0.355 e. The molecule has 0 spiro atoms. The second-order valence-electron chi connectivity index (χ2n) is 7.02. The lowest BCUT2D eigenvalue weighted by atomic mass is 10.1. The molecule has 1 aliphatic heterocycles. The fourth-order valence-corrected chi connectivity index (χ4v) is 3.53. The molecule has 0 aliphatic carbocycles. The van der Waals surface area contributed by atoms with Crippen LogP contribution in [0.5, 0.6) is 0 Å². The Balaban J connectivity index is 1.48. The van der Waals surface area contributed by atoms with Gasteiger partial charge in [0.15, 0.2) is 5.82 Å². The average molecular weight is 372 g/mol. The fraction of sp³-hybridized carbons (Fsp3) is 0.261. The van der Waals surface area contributed by atoms with Crippen LogP contribution in [-0.4, -0.2) is 29.0 Å². The number of carbonyl (C=O) groups excluding carboxylic acids is 1. The summed E-state index contributed by atoms with van der Waals surface area (Å²) in [5.74, 6) is 0.856. The van der Waals surface area contributed by atoms with Crippen LogP contribution < -0.4 is 10.2 Å². The first-order valence-corrected chi connectivity index (χ1v) is 9.80. The first kappa shape index (κ1) is 18.2. The Morgan fingerprint density at radius 1 is 0.893 bits per heavy atom. The number of anilines is 1. The molecule has 1 aliphatic rings. The molecule has 0 radical (unpaired) electrons. The third-order valence-corrected chi connectivity index (χ3v) is 5.05. The molecule has 1 fully saturated rings. The van der Waals surface area contributed by atoms with E-state index in [4.69, 9.17) is 0 Å². The van der Waals surface area contributed by atoms with Crippen molar-refractivity contribution in [1.82, 2.24) is 15.3 Å². The van der Waals surface area contributed by atoms with Gasteiger partial charge in [0, 0.05) is 43.2 Å². The van der Waals surface area contributed by atoms with Crippen molar-refractivity contribution in [3.8, 4) is 11.3 Å². The predicted molar refractivity (Wildman–Crippen MR) is 111 cm³/mol. The summed E-state index contributed by atoms with van der Waals surface area (Å²) in [5.41, 5.74) is 3.58. The monoisotopic (exact) mass is 372 g/mol. The Hall–Kier alpha value is -3.21. The second kappa shape index (κ2) is 8.65. The lowest BCUT2D eigenvalue weighted by Crippen LogP contribution is -2.30. The van der Waals surface area contributed by atoms with E-state index in [0.29, 0.717) is 12.1 Å². The van der Waals surface area contributed by atoms with Gasteiger partial charge in [-0.1, -0.05) is 42.5 Å². The van der Waals surface area contributed by atoms with E-state index in [1.54, 1.807) is 12.4 Å². The van der Waals surface area contributed by atoms with Gasteiger partial charge in [0.25, 0.3) is 5.91 Å². The van der Waals surface area contributed by atoms with Crippen molar-refractivity contribution in [1.29, 1.82) is 0 Å². The van der Waals surface area contributed by atoms with Gasteiger partial charge >= 0.3 is 0 Å². The number of benzene rings is 2. The Morgan fingerprint density at radius 2 is 1.61 bits per heavy atom. The normalized spacial score (nSPS) is 13.9. The number of nitrogens with one attached hydrogen (secondary N) is 1. The first-order valence-electron chi connectivity index (χ1n) is 9.80. The Bertz CT molecular complexity index is 919. The zero-order valence-electron chi connectivity index (χ0n) is 15.8. The Labute approximate surface area is 165 Å². The number of hydrogen-bond donors (Lipinski definition) is 1. The van der Waals surface area contributed by atoms with Crippen LogP contribution in [0.4, 0.5) is 5.82 Å². The van der Waals surface area contributed by atoms with Crippen molar-refractivity contribution >= 4 is 11.7 Å². The molecule has 28 heavy (non-hydrogen) atoms. The highest BCUT2D eigenvalue weighted by molar-refractivity contribution is 5.94. The van der Waals surface area contributed by atoms with Crippen LogP contribution in [0.2, 0.25) is 0 Å². The van der Waals surface area contributed by atoms with Crippen LogP contribution in [-0.2, 0) is 6.54 Å². The van der Waals surface area contributed by atoms with E-state index in [2.05, 4.69) is 20.2 Å². The van der Waals surface area contributed by atoms with E-state index in [1.807, 2.05) is 54.6 Å². The predicted octanol–water partition coefficient (Wildman–Crippen LogP) is 4.06. The number of aromatic nitrogens is 2. The Morgan fingerprint density at radius 3 is 2.36 bits per heavy atom. The van der Waals surface area contributed by atoms with Crippen molar-refractivity contribution in [2.24, 2.45) is 0 Å². The summed E-state index contributed by atoms with van der Waals surface area (Å²) in [7, 11) is 0. The van der Waals surface area contributed by atoms with Crippen LogP contribution in [0.15, 0.2) is 67.0 Å². The van der Waals surface area contributed by atoms with E-state index >= 15 is 0 Å². The van der Waals surface area contributed by atoms with Gasteiger partial charge in [0.1, 0.15) is 5.69 Å². The molecule has 1 N–H and O–H groups in total.